The monoisotopic (exact) mass is 378 g/mol. The second-order valence-corrected chi connectivity index (χ2v) is 7.64. The highest BCUT2D eigenvalue weighted by atomic mass is 32.2. The van der Waals surface area contributed by atoms with Crippen LogP contribution in [0.3, 0.4) is 0 Å². The Morgan fingerprint density at radius 3 is 2.12 bits per heavy atom. The van der Waals surface area contributed by atoms with Gasteiger partial charge in [-0.15, -0.1) is 11.3 Å². The minimum absolute atomic E-state index is 0.0532. The summed E-state index contributed by atoms with van der Waals surface area (Å²) in [4.78, 5) is 15.9. The molecule has 0 radical (unpaired) electrons. The highest BCUT2D eigenvalue weighted by Crippen LogP contribution is 2.37. The number of sulfonamides is 1. The predicted octanol–water partition coefficient (Wildman–Crippen LogP) is 2.96. The molecule has 0 fully saturated rings. The second kappa shape index (κ2) is 6.36. The van der Waals surface area contributed by atoms with Crippen molar-refractivity contribution in [2.75, 3.05) is 0 Å². The Morgan fingerprint density at radius 1 is 1.04 bits per heavy atom. The van der Waals surface area contributed by atoms with Crippen LogP contribution in [0.15, 0.2) is 53.4 Å². The summed E-state index contributed by atoms with van der Waals surface area (Å²) in [6, 6.07) is 11.2. The third-order valence-electron chi connectivity index (χ3n) is 3.37. The number of aromatic carboxylic acids is 1. The van der Waals surface area contributed by atoms with Crippen LogP contribution < -0.4 is 5.14 Å². The molecular formula is C16H11FN2O4S2. The number of nitrogens with zero attached hydrogens (tertiary/aromatic N) is 1. The van der Waals surface area contributed by atoms with Gasteiger partial charge in [-0.1, -0.05) is 12.1 Å². The molecule has 0 aliphatic heterocycles. The fraction of sp³-hybridized carbons (Fsp3) is 0. The van der Waals surface area contributed by atoms with Crippen LogP contribution in [0.5, 0.6) is 0 Å². The maximum Gasteiger partial charge on any atom is 0.365 e. The van der Waals surface area contributed by atoms with Gasteiger partial charge in [0.25, 0.3) is 0 Å². The minimum Gasteiger partial charge on any atom is -0.476 e. The molecule has 9 heteroatoms. The van der Waals surface area contributed by atoms with Gasteiger partial charge < -0.3 is 5.11 Å². The van der Waals surface area contributed by atoms with Gasteiger partial charge in [0, 0.05) is 5.56 Å². The van der Waals surface area contributed by atoms with Crippen molar-refractivity contribution in [2.24, 2.45) is 5.14 Å². The van der Waals surface area contributed by atoms with Crippen molar-refractivity contribution in [3.63, 3.8) is 0 Å². The molecule has 0 bridgehead atoms. The number of hydrogen-bond acceptors (Lipinski definition) is 5. The fourth-order valence-corrected chi connectivity index (χ4v) is 3.65. The molecule has 3 aromatic rings. The Bertz CT molecular complexity index is 1040. The molecule has 0 atom stereocenters. The molecule has 0 spiro atoms. The first-order valence-electron chi connectivity index (χ1n) is 6.89. The lowest BCUT2D eigenvalue weighted by atomic mass is 10.1. The Kier molecular flexibility index (Phi) is 4.38. The maximum absolute atomic E-state index is 13.1. The lowest BCUT2D eigenvalue weighted by molar-refractivity contribution is 0.0696. The number of hydrogen-bond donors (Lipinski definition) is 2. The van der Waals surface area contributed by atoms with Crippen molar-refractivity contribution >= 4 is 27.3 Å². The van der Waals surface area contributed by atoms with Gasteiger partial charge in [0.05, 0.1) is 15.5 Å². The third kappa shape index (κ3) is 3.58. The first kappa shape index (κ1) is 17.2. The Hall–Kier alpha value is -2.62. The second-order valence-electron chi connectivity index (χ2n) is 5.08. The van der Waals surface area contributed by atoms with Gasteiger partial charge in [0.15, 0.2) is 0 Å². The van der Waals surface area contributed by atoms with Crippen molar-refractivity contribution in [1.82, 2.24) is 4.98 Å². The van der Waals surface area contributed by atoms with E-state index in [0.29, 0.717) is 21.7 Å². The molecule has 2 aromatic carbocycles. The molecule has 1 heterocycles. The van der Waals surface area contributed by atoms with E-state index in [2.05, 4.69) is 4.98 Å². The van der Waals surface area contributed by atoms with E-state index >= 15 is 0 Å². The van der Waals surface area contributed by atoms with E-state index in [1.54, 1.807) is 0 Å². The topological polar surface area (TPSA) is 110 Å². The van der Waals surface area contributed by atoms with Gasteiger partial charge in [-0.2, -0.15) is 0 Å². The lowest BCUT2D eigenvalue weighted by Gasteiger charge is -2.04. The number of carbonyl (C=O) groups is 1. The van der Waals surface area contributed by atoms with Crippen molar-refractivity contribution in [2.45, 2.75) is 4.90 Å². The number of primary sulfonamides is 1. The summed E-state index contributed by atoms with van der Waals surface area (Å²) in [6.07, 6.45) is 0. The van der Waals surface area contributed by atoms with E-state index in [1.165, 1.54) is 48.5 Å². The zero-order valence-corrected chi connectivity index (χ0v) is 14.1. The number of nitrogens with two attached hydrogens (primary N) is 1. The summed E-state index contributed by atoms with van der Waals surface area (Å²) in [5.41, 5.74) is 1.51. The van der Waals surface area contributed by atoms with Crippen molar-refractivity contribution in [1.29, 1.82) is 0 Å². The van der Waals surface area contributed by atoms with Crippen LogP contribution in [0, 0.1) is 5.82 Å². The summed E-state index contributed by atoms with van der Waals surface area (Å²) >= 11 is 0.948. The van der Waals surface area contributed by atoms with Crippen LogP contribution >= 0.6 is 11.3 Å². The average molecular weight is 378 g/mol. The van der Waals surface area contributed by atoms with Crippen molar-refractivity contribution in [3.8, 4) is 21.7 Å². The minimum atomic E-state index is -3.83. The van der Waals surface area contributed by atoms with Gasteiger partial charge in [-0.25, -0.2) is 27.7 Å². The number of carboxylic acid groups (broad SMARTS) is 1. The Labute approximate surface area is 146 Å². The molecule has 0 amide bonds. The molecule has 128 valence electrons. The molecule has 1 aromatic heterocycles. The third-order valence-corrected chi connectivity index (χ3v) is 5.39. The molecular weight excluding hydrogens is 367 g/mol. The quantitative estimate of drug-likeness (QED) is 0.725. The van der Waals surface area contributed by atoms with Gasteiger partial charge in [-0.05, 0) is 42.0 Å². The molecule has 0 unspecified atom stereocenters. The number of aromatic nitrogens is 1. The van der Waals surface area contributed by atoms with Gasteiger partial charge in [0.1, 0.15) is 5.82 Å². The highest BCUT2D eigenvalue weighted by molar-refractivity contribution is 7.89. The zero-order valence-electron chi connectivity index (χ0n) is 12.5. The molecule has 0 saturated carbocycles. The van der Waals surface area contributed by atoms with Crippen molar-refractivity contribution in [3.05, 3.63) is 59.4 Å². The Morgan fingerprint density at radius 2 is 1.60 bits per heavy atom. The summed E-state index contributed by atoms with van der Waals surface area (Å²) in [7, 11) is -3.83. The van der Waals surface area contributed by atoms with E-state index in [9.17, 15) is 22.7 Å². The molecule has 0 aliphatic carbocycles. The van der Waals surface area contributed by atoms with E-state index in [4.69, 9.17) is 5.14 Å². The summed E-state index contributed by atoms with van der Waals surface area (Å²) in [5, 5.41) is 14.2. The SMILES string of the molecule is NS(=O)(=O)c1ccc(-c2sc(C(=O)O)nc2-c2ccc(F)cc2)cc1. The lowest BCUT2D eigenvalue weighted by Crippen LogP contribution is -2.11. The van der Waals surface area contributed by atoms with Gasteiger partial charge in [0.2, 0.25) is 15.0 Å². The highest BCUT2D eigenvalue weighted by Gasteiger charge is 2.19. The first-order valence-corrected chi connectivity index (χ1v) is 9.25. The van der Waals surface area contributed by atoms with E-state index in [0.717, 1.165) is 11.3 Å². The largest absolute Gasteiger partial charge is 0.476 e. The fourth-order valence-electron chi connectivity index (χ4n) is 2.21. The smallest absolute Gasteiger partial charge is 0.365 e. The van der Waals surface area contributed by atoms with Crippen LogP contribution in [-0.2, 0) is 10.0 Å². The first-order chi connectivity index (χ1) is 11.8. The van der Waals surface area contributed by atoms with Crippen LogP contribution in [-0.4, -0.2) is 24.5 Å². The van der Waals surface area contributed by atoms with Crippen LogP contribution in [0.25, 0.3) is 21.7 Å². The predicted molar refractivity (Wildman–Crippen MR) is 91.3 cm³/mol. The zero-order chi connectivity index (χ0) is 18.2. The van der Waals surface area contributed by atoms with Crippen LogP contribution in [0.1, 0.15) is 9.80 Å². The Balaban J connectivity index is 2.14. The number of carboxylic acids is 1. The van der Waals surface area contributed by atoms with Gasteiger partial charge >= 0.3 is 5.97 Å². The van der Waals surface area contributed by atoms with Crippen LogP contribution in [0.4, 0.5) is 4.39 Å². The number of benzene rings is 2. The summed E-state index contributed by atoms with van der Waals surface area (Å²) in [6.45, 7) is 0. The molecule has 3 N–H and O–H groups in total. The molecule has 0 aliphatic rings. The van der Waals surface area contributed by atoms with E-state index < -0.39 is 21.8 Å². The van der Waals surface area contributed by atoms with Gasteiger partial charge in [-0.3, -0.25) is 0 Å². The average Bonchev–Trinajstić information content (AvgIpc) is 3.00. The van der Waals surface area contributed by atoms with E-state index in [1.807, 2.05) is 0 Å². The number of rotatable bonds is 4. The molecule has 0 saturated heterocycles. The summed E-state index contributed by atoms with van der Waals surface area (Å²) in [5.74, 6) is -1.60. The van der Waals surface area contributed by atoms with E-state index in [-0.39, 0.29) is 9.90 Å². The van der Waals surface area contributed by atoms with Crippen molar-refractivity contribution < 1.29 is 22.7 Å². The molecule has 25 heavy (non-hydrogen) atoms. The summed E-state index contributed by atoms with van der Waals surface area (Å²) < 4.78 is 35.8. The van der Waals surface area contributed by atoms with Crippen LogP contribution in [0.2, 0.25) is 0 Å². The maximum atomic E-state index is 13.1. The normalized spacial score (nSPS) is 11.4. The standard InChI is InChI=1S/C16H11FN2O4S2/c17-11-5-1-9(2-6-11)13-14(24-15(19-13)16(20)21)10-3-7-12(8-4-10)25(18,22)23/h1-8H,(H,20,21)(H2,18,22,23). The number of thiazole rings is 1. The molecule has 6 nitrogen and oxygen atoms in total. The number of halogens is 1. The molecule has 3 rings (SSSR count).